The molecule has 388 valence electrons. The number of nitrogens with one attached hydrogen (secondary N) is 3. The largest absolute Gasteiger partial charge is 0.495 e. The van der Waals surface area contributed by atoms with Crippen molar-refractivity contribution in [2.24, 2.45) is 23.8 Å². The second kappa shape index (κ2) is 20.5. The minimum absolute atomic E-state index is 0. The van der Waals surface area contributed by atoms with Gasteiger partial charge in [-0.05, 0) is 98.2 Å². The standard InChI is InChI=1S/C56H68F2N10O5.H2/c1-34(69)67-26-20-46(45(33-67)50(60)68-21-8-9-37-27-43(39-31-61-64(6)32-39)44(49(57)58)29-47(37)68)62-40-18-24-66(25-19-40)52(71)36-16-22-65(23-17-36)41-13-10-35(11-14-41)51(70)63-53-55(2,3)54(56(53,4)5)73-42-15-12-38(30-59)48(28-42)72-7;/h10-15,27-29,31-32,36,40,49,53-54,60,62H,8-9,16-26,33H2,1-7H3,(H,63,70);1H. The number of piperidine rings is 2. The normalized spacial score (nSPS) is 21.0. The summed E-state index contributed by atoms with van der Waals surface area (Å²) in [5, 5.41) is 30.2. The van der Waals surface area contributed by atoms with E-state index < -0.39 is 6.43 Å². The fraction of sp³-hybridized carbons (Fsp3) is 0.500. The first-order chi connectivity index (χ1) is 34.9. The number of hydrogen-bond acceptors (Lipinski definition) is 10. The molecule has 1 saturated carbocycles. The van der Waals surface area contributed by atoms with Crippen LogP contribution in [0.2, 0.25) is 0 Å². The number of anilines is 2. The Labute approximate surface area is 428 Å². The van der Waals surface area contributed by atoms with Gasteiger partial charge in [-0.25, -0.2) is 8.78 Å². The van der Waals surface area contributed by atoms with E-state index in [1.165, 1.54) is 20.1 Å². The first kappa shape index (κ1) is 51.0. The van der Waals surface area contributed by atoms with Crippen molar-refractivity contribution < 1.29 is 34.1 Å². The van der Waals surface area contributed by atoms with E-state index in [0.29, 0.717) is 84.0 Å². The molecule has 1 aliphatic carbocycles. The number of benzene rings is 3. The number of aryl methyl sites for hydroxylation is 2. The van der Waals surface area contributed by atoms with E-state index in [1.54, 1.807) is 47.2 Å². The number of carbonyl (C=O) groups is 3. The molecule has 17 heteroatoms. The fourth-order valence-electron chi connectivity index (χ4n) is 12.4. The van der Waals surface area contributed by atoms with Gasteiger partial charge in [0.05, 0.1) is 25.4 Å². The molecule has 3 amide bonds. The van der Waals surface area contributed by atoms with E-state index in [1.807, 2.05) is 40.1 Å². The van der Waals surface area contributed by atoms with Crippen molar-refractivity contribution in [3.8, 4) is 28.7 Å². The van der Waals surface area contributed by atoms with Gasteiger partial charge in [0, 0.05) is 142 Å². The Morgan fingerprint density at radius 1 is 0.918 bits per heavy atom. The van der Waals surface area contributed by atoms with Crippen LogP contribution in [-0.2, 0) is 23.1 Å². The second-order valence-electron chi connectivity index (χ2n) is 21.6. The van der Waals surface area contributed by atoms with Crippen LogP contribution >= 0.6 is 0 Å². The summed E-state index contributed by atoms with van der Waals surface area (Å²) < 4.78 is 42.8. The summed E-state index contributed by atoms with van der Waals surface area (Å²) in [6.45, 7) is 13.8. The minimum Gasteiger partial charge on any atom is -0.495 e. The van der Waals surface area contributed by atoms with Crippen LogP contribution in [0.5, 0.6) is 11.5 Å². The highest BCUT2D eigenvalue weighted by atomic mass is 19.3. The lowest BCUT2D eigenvalue weighted by molar-refractivity contribution is -0.164. The lowest BCUT2D eigenvalue weighted by Gasteiger charge is -2.63. The smallest absolute Gasteiger partial charge is 0.264 e. The molecule has 0 atom stereocenters. The van der Waals surface area contributed by atoms with Crippen LogP contribution in [0.1, 0.15) is 108 Å². The molecule has 9 rings (SSSR count). The van der Waals surface area contributed by atoms with E-state index in [-0.39, 0.29) is 72.0 Å². The van der Waals surface area contributed by atoms with Gasteiger partial charge >= 0.3 is 0 Å². The van der Waals surface area contributed by atoms with Crippen molar-refractivity contribution in [1.29, 1.82) is 10.7 Å². The zero-order valence-corrected chi connectivity index (χ0v) is 43.1. The number of nitrogens with zero attached hydrogens (tertiary/aromatic N) is 7. The molecule has 4 aromatic rings. The monoisotopic (exact) mass is 1000 g/mol. The maximum Gasteiger partial charge on any atom is 0.264 e. The van der Waals surface area contributed by atoms with E-state index >= 15 is 0 Å². The molecule has 3 fully saturated rings. The molecule has 0 unspecified atom stereocenters. The minimum atomic E-state index is -2.72. The Bertz CT molecular complexity index is 2830. The molecule has 4 aliphatic heterocycles. The van der Waals surface area contributed by atoms with Gasteiger partial charge in [0.25, 0.3) is 12.3 Å². The van der Waals surface area contributed by atoms with Crippen molar-refractivity contribution >= 4 is 34.9 Å². The molecule has 2 saturated heterocycles. The van der Waals surface area contributed by atoms with Gasteiger partial charge in [-0.2, -0.15) is 10.4 Å². The van der Waals surface area contributed by atoms with Crippen molar-refractivity contribution in [3.63, 3.8) is 0 Å². The summed E-state index contributed by atoms with van der Waals surface area (Å²) in [5.74, 6) is 1.16. The number of hydrogen-bond donors (Lipinski definition) is 3. The summed E-state index contributed by atoms with van der Waals surface area (Å²) in [7, 11) is 3.28. The summed E-state index contributed by atoms with van der Waals surface area (Å²) in [5.41, 5.74) is 5.31. The summed E-state index contributed by atoms with van der Waals surface area (Å²) in [4.78, 5) is 48.1. The Balaban J connectivity index is 0.00000729. The molecule has 5 aliphatic rings. The number of fused-ring (bicyclic) bond motifs is 1. The topological polar surface area (TPSA) is 172 Å². The van der Waals surface area contributed by atoms with E-state index in [9.17, 15) is 33.8 Å². The van der Waals surface area contributed by atoms with Crippen LogP contribution in [0.4, 0.5) is 20.2 Å². The average molecular weight is 1000 g/mol. The molecule has 73 heavy (non-hydrogen) atoms. The molecule has 0 spiro atoms. The molecule has 15 nitrogen and oxygen atoms in total. The second-order valence-corrected chi connectivity index (χ2v) is 21.6. The number of amides is 3. The maximum absolute atomic E-state index is 14.7. The fourth-order valence-corrected chi connectivity index (χ4v) is 12.4. The molecule has 5 heterocycles. The van der Waals surface area contributed by atoms with Gasteiger partial charge in [0.2, 0.25) is 11.8 Å². The average Bonchev–Trinajstić information content (AvgIpc) is 3.84. The van der Waals surface area contributed by atoms with Crippen LogP contribution < -0.4 is 29.9 Å². The highest BCUT2D eigenvalue weighted by molar-refractivity contribution is 6.09. The number of ether oxygens (including phenoxy) is 2. The number of methoxy groups -OCH3 is 1. The van der Waals surface area contributed by atoms with Crippen molar-refractivity contribution in [2.45, 2.75) is 104 Å². The van der Waals surface area contributed by atoms with Crippen LogP contribution in [0.3, 0.4) is 0 Å². The summed E-state index contributed by atoms with van der Waals surface area (Å²) >= 11 is 0. The lowest BCUT2D eigenvalue weighted by atomic mass is 9.49. The highest BCUT2D eigenvalue weighted by Crippen LogP contribution is 2.56. The van der Waals surface area contributed by atoms with Crippen molar-refractivity contribution in [2.75, 3.05) is 62.7 Å². The third kappa shape index (κ3) is 10.1. The molecule has 0 radical (unpaired) electrons. The molecule has 1 aromatic heterocycles. The summed E-state index contributed by atoms with van der Waals surface area (Å²) in [6.07, 6.45) is 5.34. The number of rotatable bonds is 12. The number of amidine groups is 1. The number of alkyl halides is 2. The van der Waals surface area contributed by atoms with E-state index in [4.69, 9.17) is 9.47 Å². The van der Waals surface area contributed by atoms with Crippen LogP contribution in [-0.4, -0.2) is 114 Å². The Hall–Kier alpha value is -6.96. The number of nitriles is 1. The Morgan fingerprint density at radius 2 is 1.63 bits per heavy atom. The first-order valence-corrected chi connectivity index (χ1v) is 25.6. The Kier molecular flexibility index (Phi) is 14.3. The van der Waals surface area contributed by atoms with Gasteiger partial charge in [0.15, 0.2) is 0 Å². The van der Waals surface area contributed by atoms with E-state index in [2.05, 4.69) is 54.4 Å². The predicted molar refractivity (Wildman–Crippen MR) is 278 cm³/mol. The number of aromatic nitrogens is 2. The lowest BCUT2D eigenvalue weighted by Crippen LogP contribution is -2.74. The van der Waals surface area contributed by atoms with Gasteiger partial charge in [0.1, 0.15) is 29.5 Å². The van der Waals surface area contributed by atoms with Crippen LogP contribution in [0.25, 0.3) is 11.1 Å². The van der Waals surface area contributed by atoms with Crippen molar-refractivity contribution in [3.05, 3.63) is 101 Å². The highest BCUT2D eigenvalue weighted by Gasteiger charge is 2.64. The van der Waals surface area contributed by atoms with Crippen LogP contribution in [0, 0.1) is 33.5 Å². The first-order valence-electron chi connectivity index (χ1n) is 25.6. The zero-order valence-electron chi connectivity index (χ0n) is 43.1. The van der Waals surface area contributed by atoms with Crippen molar-refractivity contribution in [1.82, 2.24) is 30.2 Å². The summed E-state index contributed by atoms with van der Waals surface area (Å²) in [6, 6.07) is 18.3. The number of halogens is 2. The third-order valence-electron chi connectivity index (χ3n) is 16.2. The SMILES string of the molecule is COc1cc(OC2C(C)(C)C(NC(=O)c3ccc(N4CCC(C(=O)N5CCC(NC6=C(C(=N)N7CCCc8cc(-c9cnn(C)c9)c(C(F)F)cc87)CN(C(C)=O)CC6)CC5)CC4)cc3)C2(C)C)ccc1C#N.[HH]. The maximum atomic E-state index is 14.7. The van der Waals surface area contributed by atoms with Gasteiger partial charge in [-0.1, -0.05) is 27.7 Å². The molecular weight excluding hydrogens is 931 g/mol. The van der Waals surface area contributed by atoms with Gasteiger partial charge < -0.3 is 39.7 Å². The molecule has 0 bridgehead atoms. The van der Waals surface area contributed by atoms with E-state index in [0.717, 1.165) is 62.1 Å². The molecule has 3 aromatic carbocycles. The molecule has 3 N–H and O–H groups in total. The zero-order chi connectivity index (χ0) is 51.9. The van der Waals surface area contributed by atoms with Gasteiger partial charge in [-0.15, -0.1) is 0 Å². The quantitative estimate of drug-likeness (QED) is 0.0924. The number of likely N-dealkylation sites (tertiary alicyclic amines) is 1. The Morgan fingerprint density at radius 3 is 2.26 bits per heavy atom. The van der Waals surface area contributed by atoms with Gasteiger partial charge in [-0.3, -0.25) is 24.5 Å². The number of carbonyl (C=O) groups excluding carboxylic acids is 3. The third-order valence-corrected chi connectivity index (χ3v) is 16.2. The van der Waals surface area contributed by atoms with Crippen LogP contribution in [0.15, 0.2) is 78.3 Å². The molecular formula is C56H70F2N10O5. The predicted octanol–water partition coefficient (Wildman–Crippen LogP) is 8.50.